The van der Waals surface area contributed by atoms with Gasteiger partial charge in [0.1, 0.15) is 11.6 Å². The number of nitrogen functional groups attached to an aromatic ring is 1. The molecule has 17 nitrogen and oxygen atoms in total. The highest BCUT2D eigenvalue weighted by atomic mass is 16.5. The van der Waals surface area contributed by atoms with Gasteiger partial charge in [-0.3, -0.25) is 10.2 Å². The molecular formula is C37H38N12O5. The molecule has 4 aliphatic heterocycles. The summed E-state index contributed by atoms with van der Waals surface area (Å²) in [5.74, 6) is 1.37. The van der Waals surface area contributed by atoms with Crippen LogP contribution in [0, 0.1) is 0 Å². The van der Waals surface area contributed by atoms with Crippen molar-refractivity contribution in [1.29, 1.82) is 0 Å². The normalized spacial score (nSPS) is 17.3. The topological polar surface area (TPSA) is 213 Å². The van der Waals surface area contributed by atoms with Gasteiger partial charge in [-0.2, -0.15) is 0 Å². The summed E-state index contributed by atoms with van der Waals surface area (Å²) in [6.45, 7) is 3.67. The Hall–Kier alpha value is -6.91. The van der Waals surface area contributed by atoms with Crippen LogP contribution in [0.25, 0.3) is 21.8 Å². The van der Waals surface area contributed by atoms with Gasteiger partial charge >= 0.3 is 18.0 Å². The fraction of sp³-hybridized carbons (Fsp3) is 0.270. The summed E-state index contributed by atoms with van der Waals surface area (Å²) in [5, 5.41) is 8.28. The Morgan fingerprint density at radius 1 is 0.796 bits per heavy atom. The number of nitrogens with two attached hydrogens (primary N) is 1. The molecule has 0 spiro atoms. The number of rotatable bonds is 3. The highest BCUT2D eigenvalue weighted by Crippen LogP contribution is 2.39. The van der Waals surface area contributed by atoms with Crippen LogP contribution in [0.1, 0.15) is 33.8 Å². The van der Waals surface area contributed by atoms with E-state index in [1.165, 1.54) is 14.2 Å². The predicted octanol–water partition coefficient (Wildman–Crippen LogP) is 4.39. The lowest BCUT2D eigenvalue weighted by Crippen LogP contribution is -2.48. The van der Waals surface area contributed by atoms with E-state index in [0.29, 0.717) is 29.2 Å². The van der Waals surface area contributed by atoms with Gasteiger partial charge in [0, 0.05) is 55.4 Å². The predicted molar refractivity (Wildman–Crippen MR) is 204 cm³/mol. The molecular weight excluding hydrogens is 692 g/mol. The maximum atomic E-state index is 13.1. The number of fused-ring (bicyclic) bond motifs is 10. The maximum Gasteiger partial charge on any atom is 0.356 e. The van der Waals surface area contributed by atoms with E-state index in [-0.39, 0.29) is 17.8 Å². The lowest BCUT2D eigenvalue weighted by atomic mass is 10.2. The fourth-order valence-electron chi connectivity index (χ4n) is 7.17. The molecule has 2 fully saturated rings. The summed E-state index contributed by atoms with van der Waals surface area (Å²) in [6.07, 6.45) is 9.06. The number of hydrogen-bond donors (Lipinski definition) is 5. The number of esters is 2. The number of hydrogen-bond acceptors (Lipinski definition) is 13. The van der Waals surface area contributed by atoms with Gasteiger partial charge in [0.25, 0.3) is 0 Å². The van der Waals surface area contributed by atoms with E-state index in [4.69, 9.17) is 10.5 Å². The number of anilines is 6. The third-order valence-electron chi connectivity index (χ3n) is 9.84. The number of carbonyl (C=O) groups excluding carboxylic acids is 3. The third-order valence-corrected chi connectivity index (χ3v) is 9.84. The van der Waals surface area contributed by atoms with Crippen LogP contribution in [0.5, 0.6) is 0 Å². The van der Waals surface area contributed by atoms with Crippen LogP contribution in [0.2, 0.25) is 0 Å². The zero-order valence-electron chi connectivity index (χ0n) is 29.6. The molecule has 4 aliphatic rings. The van der Waals surface area contributed by atoms with Crippen molar-refractivity contribution in [3.63, 3.8) is 0 Å². The van der Waals surface area contributed by atoms with Crippen molar-refractivity contribution in [2.45, 2.75) is 24.9 Å². The van der Waals surface area contributed by atoms with Crippen LogP contribution in [0.15, 0.2) is 73.3 Å². The zero-order chi connectivity index (χ0) is 37.3. The Bertz CT molecular complexity index is 2380. The minimum atomic E-state index is -0.532. The van der Waals surface area contributed by atoms with Crippen LogP contribution in [0.4, 0.5) is 39.4 Å². The zero-order valence-corrected chi connectivity index (χ0v) is 29.6. The van der Waals surface area contributed by atoms with Gasteiger partial charge in [0.15, 0.2) is 23.0 Å². The van der Waals surface area contributed by atoms with E-state index in [0.717, 1.165) is 78.0 Å². The number of amides is 2. The molecule has 0 radical (unpaired) electrons. The number of aromatic nitrogens is 6. The van der Waals surface area contributed by atoms with Crippen molar-refractivity contribution in [1.82, 2.24) is 29.9 Å². The molecule has 17 heteroatoms. The molecule has 2 atom stereocenters. The van der Waals surface area contributed by atoms with E-state index >= 15 is 0 Å². The highest BCUT2D eigenvalue weighted by Gasteiger charge is 2.41. The minimum Gasteiger partial charge on any atom is -0.464 e. The van der Waals surface area contributed by atoms with E-state index in [9.17, 15) is 14.4 Å². The second-order valence-corrected chi connectivity index (χ2v) is 13.2. The lowest BCUT2D eigenvalue weighted by Gasteiger charge is -2.35. The van der Waals surface area contributed by atoms with Gasteiger partial charge in [-0.15, -0.1) is 0 Å². The van der Waals surface area contributed by atoms with Crippen LogP contribution in [0.3, 0.4) is 0 Å². The number of aromatic amines is 2. The Kier molecular flexibility index (Phi) is 9.02. The summed E-state index contributed by atoms with van der Waals surface area (Å²) in [4.78, 5) is 65.6. The molecule has 6 aromatic heterocycles. The number of H-pyrrole nitrogens is 2. The van der Waals surface area contributed by atoms with Gasteiger partial charge in [-0.1, -0.05) is 0 Å². The van der Waals surface area contributed by atoms with Crippen LogP contribution >= 0.6 is 0 Å². The quantitative estimate of drug-likeness (QED) is 0.160. The second kappa shape index (κ2) is 14.3. The molecule has 2 amide bonds. The first-order valence-corrected chi connectivity index (χ1v) is 17.4. The molecule has 6 aromatic rings. The largest absolute Gasteiger partial charge is 0.464 e. The maximum absolute atomic E-state index is 13.1. The lowest BCUT2D eigenvalue weighted by molar-refractivity contribution is 0.0585. The van der Waals surface area contributed by atoms with Gasteiger partial charge < -0.3 is 40.3 Å². The van der Waals surface area contributed by atoms with E-state index in [1.54, 1.807) is 29.4 Å². The van der Waals surface area contributed by atoms with Gasteiger partial charge in [-0.25, -0.2) is 34.3 Å². The second-order valence-electron chi connectivity index (χ2n) is 13.2. The number of nitrogens with one attached hydrogen (secondary N) is 4. The van der Waals surface area contributed by atoms with Crippen LogP contribution in [-0.4, -0.2) is 100 Å². The molecule has 0 aromatic carbocycles. The molecule has 4 bridgehead atoms. The van der Waals surface area contributed by atoms with Crippen molar-refractivity contribution in [3.8, 4) is 0 Å². The number of urea groups is 1. The third kappa shape index (κ3) is 6.62. The Morgan fingerprint density at radius 3 is 2.19 bits per heavy atom. The molecule has 2 saturated heterocycles. The molecule has 0 saturated carbocycles. The molecule has 10 rings (SSSR count). The number of methoxy groups -OCH3 is 2. The smallest absolute Gasteiger partial charge is 0.356 e. The summed E-state index contributed by atoms with van der Waals surface area (Å²) < 4.78 is 9.43. The summed E-state index contributed by atoms with van der Waals surface area (Å²) in [6, 6.07) is 14.8. The summed E-state index contributed by atoms with van der Waals surface area (Å²) in [7, 11) is 2.67. The van der Waals surface area contributed by atoms with E-state index in [1.807, 2.05) is 48.8 Å². The first-order chi connectivity index (χ1) is 26.3. The summed E-state index contributed by atoms with van der Waals surface area (Å²) >= 11 is 0. The monoisotopic (exact) mass is 730 g/mol. The van der Waals surface area contributed by atoms with Crippen molar-refractivity contribution in [2.24, 2.45) is 0 Å². The number of ether oxygens (including phenoxy) is 2. The SMILES string of the molecule is COC(=O)c1ccc2c(n1)N(C(=O)Nc1cc3cc[nH]c3cn1)[C@H]1CCN2C1.COC(=O)c1ccc2c(n1)N[C@H]1CCN2C1.Nc1cc2cc[nH]c2cn1. The van der Waals surface area contributed by atoms with Gasteiger partial charge in [-0.05, 0) is 61.4 Å². The molecule has 0 aliphatic carbocycles. The standard InChI is InChI=1S/C19H18N6O3.C11H13N3O2.C7H7N3/c1-28-18(26)13-2-3-15-17(22-13)25(12-5-7-24(15)10-12)19(27)23-16-8-11-4-6-20-14(11)9-21-16;1-16-11(15)8-2-3-9-10(13-8)12-7-4-5-14(9)6-7;8-7-3-5-1-2-9-6(5)4-10-7/h2-4,6,8-9,12,20H,5,7,10H2,1H3,(H,21,23,27);2-3,7H,4-6H2,1H3,(H,12,13);1-4,9H,(H2,8,10)/t12-;7-;/m00./s1. The Labute approximate surface area is 308 Å². The Balaban J connectivity index is 0.000000132. The van der Waals surface area contributed by atoms with Crippen LogP contribution < -0.4 is 31.1 Å². The summed E-state index contributed by atoms with van der Waals surface area (Å²) in [5.41, 5.74) is 9.84. The molecule has 276 valence electrons. The fourth-order valence-corrected chi connectivity index (χ4v) is 7.17. The minimum absolute atomic E-state index is 0.0103. The molecule has 6 N–H and O–H groups in total. The number of pyridine rings is 4. The average Bonchev–Trinajstić information content (AvgIpc) is 4.02. The van der Waals surface area contributed by atoms with Crippen molar-refractivity contribution >= 4 is 74.4 Å². The molecule has 54 heavy (non-hydrogen) atoms. The average molecular weight is 731 g/mol. The first-order valence-electron chi connectivity index (χ1n) is 17.4. The van der Waals surface area contributed by atoms with Crippen molar-refractivity contribution in [2.75, 3.05) is 71.5 Å². The molecule has 10 heterocycles. The highest BCUT2D eigenvalue weighted by molar-refractivity contribution is 6.05. The Morgan fingerprint density at radius 2 is 1.44 bits per heavy atom. The molecule has 0 unspecified atom stereocenters. The van der Waals surface area contributed by atoms with Crippen molar-refractivity contribution in [3.05, 3.63) is 84.7 Å². The van der Waals surface area contributed by atoms with Crippen LogP contribution in [-0.2, 0) is 9.47 Å². The van der Waals surface area contributed by atoms with E-state index in [2.05, 4.69) is 55.1 Å². The van der Waals surface area contributed by atoms with Crippen molar-refractivity contribution < 1.29 is 23.9 Å². The van der Waals surface area contributed by atoms with Gasteiger partial charge in [0.2, 0.25) is 0 Å². The first kappa shape index (κ1) is 34.2. The van der Waals surface area contributed by atoms with Gasteiger partial charge in [0.05, 0.1) is 55.1 Å². The number of carbonyl (C=O) groups is 3. The number of nitrogens with zero attached hydrogens (tertiary/aromatic N) is 7. The van der Waals surface area contributed by atoms with E-state index < -0.39 is 11.9 Å².